The van der Waals surface area contributed by atoms with Crippen LogP contribution in [-0.4, -0.2) is 31.5 Å². The molecule has 0 unspecified atom stereocenters. The lowest BCUT2D eigenvalue weighted by Gasteiger charge is -2.17. The van der Waals surface area contributed by atoms with Crippen molar-refractivity contribution in [1.29, 1.82) is 0 Å². The van der Waals surface area contributed by atoms with E-state index in [4.69, 9.17) is 14.2 Å². The van der Waals surface area contributed by atoms with Gasteiger partial charge in [0.25, 0.3) is 5.91 Å². The molecule has 0 atom stereocenters. The Labute approximate surface area is 164 Å². The highest BCUT2D eigenvalue weighted by atomic mass is 16.5. The monoisotopic (exact) mass is 383 g/mol. The molecule has 0 heterocycles. The van der Waals surface area contributed by atoms with Crippen LogP contribution in [0.3, 0.4) is 0 Å². The highest BCUT2D eigenvalue weighted by molar-refractivity contribution is 5.94. The Hall–Kier alpha value is -3.02. The first kappa shape index (κ1) is 19.7. The maximum atomic E-state index is 12.2. The minimum absolute atomic E-state index is 0.0144. The molecule has 1 aliphatic rings. The fourth-order valence-corrected chi connectivity index (χ4v) is 3.16. The molecule has 0 radical (unpaired) electrons. The van der Waals surface area contributed by atoms with E-state index >= 15 is 0 Å². The van der Waals surface area contributed by atoms with Crippen LogP contribution in [0.15, 0.2) is 42.5 Å². The maximum absolute atomic E-state index is 12.2. The second-order valence-electron chi connectivity index (χ2n) is 6.81. The number of ketones is 1. The highest BCUT2D eigenvalue weighted by Crippen LogP contribution is 2.33. The van der Waals surface area contributed by atoms with Crippen molar-refractivity contribution >= 4 is 17.4 Å². The van der Waals surface area contributed by atoms with Gasteiger partial charge >= 0.3 is 0 Å². The van der Waals surface area contributed by atoms with Gasteiger partial charge in [0.1, 0.15) is 5.75 Å². The molecular weight excluding hydrogens is 358 g/mol. The Morgan fingerprint density at radius 1 is 1.04 bits per heavy atom. The molecule has 148 valence electrons. The third kappa shape index (κ3) is 5.25. The number of amides is 1. The van der Waals surface area contributed by atoms with Gasteiger partial charge < -0.3 is 19.5 Å². The first-order valence-electron chi connectivity index (χ1n) is 9.43. The molecule has 1 saturated carbocycles. The molecule has 2 aromatic rings. The van der Waals surface area contributed by atoms with Gasteiger partial charge in [0, 0.05) is 17.3 Å². The fourth-order valence-electron chi connectivity index (χ4n) is 3.16. The molecule has 0 spiro atoms. The van der Waals surface area contributed by atoms with Gasteiger partial charge in [-0.25, -0.2) is 0 Å². The maximum Gasteiger partial charge on any atom is 0.262 e. The molecule has 0 aliphatic heterocycles. The minimum atomic E-state index is -0.285. The van der Waals surface area contributed by atoms with Gasteiger partial charge in [0.05, 0.1) is 13.2 Å². The SMILES string of the molecule is COc1ccc(NC(=O)COc2ccc(C(C)=O)cc2)cc1OC1CCCC1. The van der Waals surface area contributed by atoms with Crippen molar-refractivity contribution in [2.75, 3.05) is 19.0 Å². The average Bonchev–Trinajstić information content (AvgIpc) is 3.20. The molecule has 0 bridgehead atoms. The quantitative estimate of drug-likeness (QED) is 0.690. The van der Waals surface area contributed by atoms with Crippen LogP contribution in [0.25, 0.3) is 0 Å². The van der Waals surface area contributed by atoms with Crippen LogP contribution in [0.5, 0.6) is 17.2 Å². The number of carbonyl (C=O) groups excluding carboxylic acids is 2. The van der Waals surface area contributed by atoms with Crippen LogP contribution in [0.2, 0.25) is 0 Å². The summed E-state index contributed by atoms with van der Waals surface area (Å²) in [7, 11) is 1.60. The lowest BCUT2D eigenvalue weighted by atomic mass is 10.1. The predicted octanol–water partition coefficient (Wildman–Crippen LogP) is 4.24. The lowest BCUT2D eigenvalue weighted by molar-refractivity contribution is -0.118. The zero-order chi connectivity index (χ0) is 19.9. The molecule has 1 N–H and O–H groups in total. The number of rotatable bonds is 8. The highest BCUT2D eigenvalue weighted by Gasteiger charge is 2.19. The largest absolute Gasteiger partial charge is 0.493 e. The summed E-state index contributed by atoms with van der Waals surface area (Å²) in [5.74, 6) is 1.51. The van der Waals surface area contributed by atoms with E-state index in [2.05, 4.69) is 5.32 Å². The normalized spacial score (nSPS) is 13.8. The zero-order valence-electron chi connectivity index (χ0n) is 16.2. The Morgan fingerprint density at radius 2 is 1.75 bits per heavy atom. The Bertz CT molecular complexity index is 825. The summed E-state index contributed by atoms with van der Waals surface area (Å²) in [6, 6.07) is 12.0. The molecule has 6 heteroatoms. The number of ether oxygens (including phenoxy) is 3. The van der Waals surface area contributed by atoms with Crippen molar-refractivity contribution in [2.45, 2.75) is 38.7 Å². The standard InChI is InChI=1S/C22H25NO5/c1-15(24)16-7-10-18(11-8-16)27-14-22(25)23-17-9-12-20(26-2)21(13-17)28-19-5-3-4-6-19/h7-13,19H,3-6,14H2,1-2H3,(H,23,25). The van der Waals surface area contributed by atoms with Crippen LogP contribution < -0.4 is 19.5 Å². The van der Waals surface area contributed by atoms with Gasteiger partial charge in [0.15, 0.2) is 23.9 Å². The smallest absolute Gasteiger partial charge is 0.262 e. The van der Waals surface area contributed by atoms with Gasteiger partial charge in [-0.05, 0) is 69.0 Å². The zero-order valence-corrected chi connectivity index (χ0v) is 16.2. The van der Waals surface area contributed by atoms with E-state index in [-0.39, 0.29) is 24.4 Å². The molecule has 2 aromatic carbocycles. The molecule has 6 nitrogen and oxygen atoms in total. The summed E-state index contributed by atoms with van der Waals surface area (Å²) >= 11 is 0. The summed E-state index contributed by atoms with van der Waals surface area (Å²) < 4.78 is 16.9. The van der Waals surface area contributed by atoms with Crippen molar-refractivity contribution in [3.05, 3.63) is 48.0 Å². The molecule has 1 aliphatic carbocycles. The minimum Gasteiger partial charge on any atom is -0.493 e. The Balaban J connectivity index is 1.57. The number of carbonyl (C=O) groups is 2. The van der Waals surface area contributed by atoms with Crippen molar-refractivity contribution < 1.29 is 23.8 Å². The fraction of sp³-hybridized carbons (Fsp3) is 0.364. The Morgan fingerprint density at radius 3 is 2.39 bits per heavy atom. The second kappa shape index (κ2) is 9.26. The molecular formula is C22H25NO5. The van der Waals surface area contributed by atoms with E-state index in [1.54, 1.807) is 49.6 Å². The van der Waals surface area contributed by atoms with Crippen LogP contribution >= 0.6 is 0 Å². The molecule has 1 fully saturated rings. The van der Waals surface area contributed by atoms with Gasteiger partial charge in [-0.1, -0.05) is 0 Å². The summed E-state index contributed by atoms with van der Waals surface area (Å²) in [4.78, 5) is 23.5. The van der Waals surface area contributed by atoms with Crippen molar-refractivity contribution in [3.63, 3.8) is 0 Å². The van der Waals surface area contributed by atoms with E-state index in [0.717, 1.165) is 12.8 Å². The van der Waals surface area contributed by atoms with Crippen LogP contribution in [0.1, 0.15) is 43.0 Å². The van der Waals surface area contributed by atoms with E-state index in [1.165, 1.54) is 19.8 Å². The first-order valence-corrected chi connectivity index (χ1v) is 9.43. The third-order valence-corrected chi connectivity index (χ3v) is 4.67. The van der Waals surface area contributed by atoms with Crippen molar-refractivity contribution in [3.8, 4) is 17.2 Å². The van der Waals surface area contributed by atoms with Crippen LogP contribution in [0, 0.1) is 0 Å². The summed E-state index contributed by atoms with van der Waals surface area (Å²) in [5, 5.41) is 2.80. The number of methoxy groups -OCH3 is 1. The number of hydrogen-bond acceptors (Lipinski definition) is 5. The lowest BCUT2D eigenvalue weighted by Crippen LogP contribution is -2.20. The second-order valence-corrected chi connectivity index (χ2v) is 6.81. The van der Waals surface area contributed by atoms with Gasteiger partial charge in [-0.3, -0.25) is 9.59 Å². The van der Waals surface area contributed by atoms with Crippen LogP contribution in [-0.2, 0) is 4.79 Å². The van der Waals surface area contributed by atoms with E-state index in [0.29, 0.717) is 28.5 Å². The number of anilines is 1. The number of Topliss-reactive ketones (excluding diaryl/α,β-unsaturated/α-hetero) is 1. The van der Waals surface area contributed by atoms with Gasteiger partial charge in [-0.15, -0.1) is 0 Å². The molecule has 3 rings (SSSR count). The van der Waals surface area contributed by atoms with Gasteiger partial charge in [-0.2, -0.15) is 0 Å². The Kier molecular flexibility index (Phi) is 6.53. The van der Waals surface area contributed by atoms with E-state index < -0.39 is 0 Å². The third-order valence-electron chi connectivity index (χ3n) is 4.67. The molecule has 28 heavy (non-hydrogen) atoms. The molecule has 1 amide bonds. The van der Waals surface area contributed by atoms with Crippen LogP contribution in [0.4, 0.5) is 5.69 Å². The first-order chi connectivity index (χ1) is 13.5. The summed E-state index contributed by atoms with van der Waals surface area (Å²) in [6.45, 7) is 1.37. The predicted molar refractivity (Wildman–Crippen MR) is 106 cm³/mol. The van der Waals surface area contributed by atoms with Gasteiger partial charge in [0.2, 0.25) is 0 Å². The van der Waals surface area contributed by atoms with Crippen molar-refractivity contribution in [1.82, 2.24) is 0 Å². The summed E-state index contributed by atoms with van der Waals surface area (Å²) in [5.41, 5.74) is 1.22. The molecule has 0 saturated heterocycles. The van der Waals surface area contributed by atoms with E-state index in [1.807, 2.05) is 0 Å². The topological polar surface area (TPSA) is 73.9 Å². The summed E-state index contributed by atoms with van der Waals surface area (Å²) in [6.07, 6.45) is 4.62. The number of hydrogen-bond donors (Lipinski definition) is 1. The molecule has 0 aromatic heterocycles. The van der Waals surface area contributed by atoms with E-state index in [9.17, 15) is 9.59 Å². The number of benzene rings is 2. The van der Waals surface area contributed by atoms with Crippen molar-refractivity contribution in [2.24, 2.45) is 0 Å². The number of nitrogens with one attached hydrogen (secondary N) is 1. The average molecular weight is 383 g/mol.